The van der Waals surface area contributed by atoms with Crippen molar-refractivity contribution in [1.29, 1.82) is 0 Å². The van der Waals surface area contributed by atoms with E-state index in [-0.39, 0.29) is 0 Å². The van der Waals surface area contributed by atoms with Crippen molar-refractivity contribution >= 4 is 11.3 Å². The largest absolute Gasteiger partial charge is 0.326 e. The molecule has 1 fully saturated rings. The Hall–Kier alpha value is -0.380. The van der Waals surface area contributed by atoms with Gasteiger partial charge in [-0.15, -0.1) is 11.3 Å². The first-order valence-corrected chi connectivity index (χ1v) is 6.56. The number of hydrogen-bond donors (Lipinski definition) is 1. The summed E-state index contributed by atoms with van der Waals surface area (Å²) in [6.45, 7) is 7.75. The summed E-state index contributed by atoms with van der Waals surface area (Å²) in [6.07, 6.45) is 1.15. The van der Waals surface area contributed by atoms with Crippen LogP contribution in [0.2, 0.25) is 0 Å². The van der Waals surface area contributed by atoms with Gasteiger partial charge in [0, 0.05) is 35.4 Å². The highest BCUT2D eigenvalue weighted by Gasteiger charge is 2.26. The Kier molecular flexibility index (Phi) is 3.44. The van der Waals surface area contributed by atoms with Gasteiger partial charge in [0.15, 0.2) is 0 Å². The van der Waals surface area contributed by atoms with Crippen molar-refractivity contribution in [1.82, 2.24) is 4.90 Å². The van der Waals surface area contributed by atoms with Crippen LogP contribution < -0.4 is 5.73 Å². The lowest BCUT2D eigenvalue weighted by Crippen LogP contribution is -2.28. The standard InChI is InChI=1S/C12H20N2S/c1-3-10-4-5-11(15-10)7-14-6-9(2)12(13)8-14/h4-5,9,12H,3,6-8,13H2,1-2H3. The minimum Gasteiger partial charge on any atom is -0.326 e. The molecule has 15 heavy (non-hydrogen) atoms. The van der Waals surface area contributed by atoms with Crippen LogP contribution in [0.1, 0.15) is 23.6 Å². The van der Waals surface area contributed by atoms with Crippen LogP contribution in [0.5, 0.6) is 0 Å². The molecule has 0 aliphatic carbocycles. The van der Waals surface area contributed by atoms with Gasteiger partial charge in [0.2, 0.25) is 0 Å². The van der Waals surface area contributed by atoms with E-state index in [4.69, 9.17) is 5.73 Å². The molecule has 2 unspecified atom stereocenters. The molecule has 3 heteroatoms. The fourth-order valence-electron chi connectivity index (χ4n) is 2.14. The zero-order valence-corrected chi connectivity index (χ0v) is 10.4. The van der Waals surface area contributed by atoms with Crippen molar-refractivity contribution in [2.75, 3.05) is 13.1 Å². The first-order chi connectivity index (χ1) is 7.19. The van der Waals surface area contributed by atoms with Gasteiger partial charge in [-0.25, -0.2) is 0 Å². The second kappa shape index (κ2) is 4.64. The maximum absolute atomic E-state index is 6.02. The molecule has 84 valence electrons. The summed E-state index contributed by atoms with van der Waals surface area (Å²) < 4.78 is 0. The molecule has 0 saturated carbocycles. The molecular formula is C12H20N2S. The first-order valence-electron chi connectivity index (χ1n) is 5.74. The van der Waals surface area contributed by atoms with Crippen LogP contribution in [-0.4, -0.2) is 24.0 Å². The second-order valence-electron chi connectivity index (χ2n) is 4.56. The number of nitrogens with zero attached hydrogens (tertiary/aromatic N) is 1. The minimum atomic E-state index is 0.371. The predicted octanol–water partition coefficient (Wildman–Crippen LogP) is 2.09. The van der Waals surface area contributed by atoms with Crippen molar-refractivity contribution in [3.63, 3.8) is 0 Å². The second-order valence-corrected chi connectivity index (χ2v) is 5.81. The third-order valence-electron chi connectivity index (χ3n) is 3.19. The molecule has 1 aliphatic rings. The Morgan fingerprint density at radius 3 is 2.67 bits per heavy atom. The van der Waals surface area contributed by atoms with E-state index in [1.165, 1.54) is 9.75 Å². The van der Waals surface area contributed by atoms with E-state index in [2.05, 4.69) is 30.9 Å². The van der Waals surface area contributed by atoms with Crippen LogP contribution in [0.25, 0.3) is 0 Å². The van der Waals surface area contributed by atoms with Crippen LogP contribution >= 0.6 is 11.3 Å². The highest BCUT2D eigenvalue weighted by molar-refractivity contribution is 7.11. The van der Waals surface area contributed by atoms with Gasteiger partial charge in [-0.1, -0.05) is 13.8 Å². The maximum Gasteiger partial charge on any atom is 0.0328 e. The van der Waals surface area contributed by atoms with E-state index in [9.17, 15) is 0 Å². The molecule has 1 aromatic rings. The Morgan fingerprint density at radius 1 is 1.40 bits per heavy atom. The average Bonchev–Trinajstić information content (AvgIpc) is 2.76. The Labute approximate surface area is 96.1 Å². The lowest BCUT2D eigenvalue weighted by atomic mass is 10.1. The summed E-state index contributed by atoms with van der Waals surface area (Å²) in [5.74, 6) is 0.649. The van der Waals surface area contributed by atoms with Crippen molar-refractivity contribution < 1.29 is 0 Å². The van der Waals surface area contributed by atoms with Gasteiger partial charge in [-0.3, -0.25) is 4.90 Å². The summed E-state index contributed by atoms with van der Waals surface area (Å²) in [5, 5.41) is 0. The van der Waals surface area contributed by atoms with Crippen molar-refractivity contribution in [2.45, 2.75) is 32.9 Å². The van der Waals surface area contributed by atoms with Gasteiger partial charge in [0.1, 0.15) is 0 Å². The van der Waals surface area contributed by atoms with Crippen molar-refractivity contribution in [3.05, 3.63) is 21.9 Å². The van der Waals surface area contributed by atoms with E-state index >= 15 is 0 Å². The molecule has 1 aromatic heterocycles. The average molecular weight is 224 g/mol. The van der Waals surface area contributed by atoms with E-state index in [0.717, 1.165) is 26.1 Å². The van der Waals surface area contributed by atoms with E-state index in [1.54, 1.807) is 0 Å². The molecule has 1 saturated heterocycles. The van der Waals surface area contributed by atoms with E-state index in [1.807, 2.05) is 11.3 Å². The highest BCUT2D eigenvalue weighted by Crippen LogP contribution is 2.22. The lowest BCUT2D eigenvalue weighted by Gasteiger charge is -2.13. The van der Waals surface area contributed by atoms with Crippen LogP contribution in [0, 0.1) is 5.92 Å². The van der Waals surface area contributed by atoms with Crippen molar-refractivity contribution in [3.8, 4) is 0 Å². The molecule has 2 rings (SSSR count). The zero-order chi connectivity index (χ0) is 10.8. The Balaban J connectivity index is 1.92. The van der Waals surface area contributed by atoms with Gasteiger partial charge in [-0.2, -0.15) is 0 Å². The van der Waals surface area contributed by atoms with Gasteiger partial charge in [0.05, 0.1) is 0 Å². The smallest absolute Gasteiger partial charge is 0.0328 e. The number of nitrogens with two attached hydrogens (primary N) is 1. The van der Waals surface area contributed by atoms with Gasteiger partial charge in [0.25, 0.3) is 0 Å². The molecule has 0 amide bonds. The molecule has 2 nitrogen and oxygen atoms in total. The molecule has 0 spiro atoms. The number of rotatable bonds is 3. The summed E-state index contributed by atoms with van der Waals surface area (Å²) >= 11 is 1.94. The van der Waals surface area contributed by atoms with Crippen molar-refractivity contribution in [2.24, 2.45) is 11.7 Å². The van der Waals surface area contributed by atoms with Gasteiger partial charge >= 0.3 is 0 Å². The quantitative estimate of drug-likeness (QED) is 0.852. The van der Waals surface area contributed by atoms with E-state index in [0.29, 0.717) is 12.0 Å². The lowest BCUT2D eigenvalue weighted by molar-refractivity contribution is 0.322. The fourth-order valence-corrected chi connectivity index (χ4v) is 3.14. The Bertz CT molecular complexity index is 311. The fraction of sp³-hybridized carbons (Fsp3) is 0.667. The minimum absolute atomic E-state index is 0.371. The normalized spacial score (nSPS) is 27.4. The molecule has 0 aromatic carbocycles. The summed E-state index contributed by atoms with van der Waals surface area (Å²) in [6, 6.07) is 4.88. The van der Waals surface area contributed by atoms with Gasteiger partial charge in [-0.05, 0) is 24.5 Å². The topological polar surface area (TPSA) is 29.3 Å². The Morgan fingerprint density at radius 2 is 2.13 bits per heavy atom. The van der Waals surface area contributed by atoms with Gasteiger partial charge < -0.3 is 5.73 Å². The van der Waals surface area contributed by atoms with Crippen LogP contribution in [0.4, 0.5) is 0 Å². The van der Waals surface area contributed by atoms with E-state index < -0.39 is 0 Å². The molecular weight excluding hydrogens is 204 g/mol. The summed E-state index contributed by atoms with van der Waals surface area (Å²) in [4.78, 5) is 5.44. The van der Waals surface area contributed by atoms with Crippen LogP contribution in [0.3, 0.4) is 0 Å². The molecule has 2 N–H and O–H groups in total. The monoisotopic (exact) mass is 224 g/mol. The zero-order valence-electron chi connectivity index (χ0n) is 9.57. The highest BCUT2D eigenvalue weighted by atomic mass is 32.1. The SMILES string of the molecule is CCc1ccc(CN2CC(C)C(N)C2)s1. The number of aryl methyl sites for hydroxylation is 1. The first kappa shape index (κ1) is 11.1. The number of likely N-dealkylation sites (tertiary alicyclic amines) is 1. The molecule has 1 aliphatic heterocycles. The molecule has 2 atom stereocenters. The molecule has 2 heterocycles. The van der Waals surface area contributed by atoms with Crippen LogP contribution in [0.15, 0.2) is 12.1 Å². The summed E-state index contributed by atoms with van der Waals surface area (Å²) in [7, 11) is 0. The maximum atomic E-state index is 6.02. The van der Waals surface area contributed by atoms with Crippen LogP contribution in [-0.2, 0) is 13.0 Å². The summed E-state index contributed by atoms with van der Waals surface area (Å²) in [5.41, 5.74) is 6.02. The third-order valence-corrected chi connectivity index (χ3v) is 4.41. The predicted molar refractivity (Wildman–Crippen MR) is 66.1 cm³/mol. The molecule has 0 bridgehead atoms. The number of thiophene rings is 1. The molecule has 0 radical (unpaired) electrons. The number of hydrogen-bond acceptors (Lipinski definition) is 3. The third kappa shape index (κ3) is 2.60.